The van der Waals surface area contributed by atoms with E-state index in [1.54, 1.807) is 13.0 Å². The summed E-state index contributed by atoms with van der Waals surface area (Å²) < 4.78 is 27.7. The van der Waals surface area contributed by atoms with E-state index in [1.807, 2.05) is 0 Å². The normalized spacial score (nSPS) is 11.8. The van der Waals surface area contributed by atoms with Crippen molar-refractivity contribution >= 4 is 17.4 Å². The molecule has 1 unspecified atom stereocenters. The van der Waals surface area contributed by atoms with Gasteiger partial charge in [-0.2, -0.15) is 5.26 Å². The van der Waals surface area contributed by atoms with Gasteiger partial charge < -0.3 is 0 Å². The number of hydrogen-bond donors (Lipinski definition) is 0. The standard InChI is InChI=1S/C16H10ClF2NO/c1-9-5-6-14(18)11(7-9)16(21)12(8-20)10-3-2-4-13(17)15(10)19/h2-7,12H,1H3. The summed E-state index contributed by atoms with van der Waals surface area (Å²) in [7, 11) is 0. The third-order valence-corrected chi connectivity index (χ3v) is 3.36. The molecule has 0 saturated carbocycles. The van der Waals surface area contributed by atoms with E-state index in [9.17, 15) is 18.8 Å². The lowest BCUT2D eigenvalue weighted by Gasteiger charge is -2.11. The number of halogens is 3. The van der Waals surface area contributed by atoms with E-state index in [4.69, 9.17) is 11.6 Å². The molecule has 1 atom stereocenters. The molecule has 0 spiro atoms. The van der Waals surface area contributed by atoms with Crippen LogP contribution in [0.2, 0.25) is 5.02 Å². The smallest absolute Gasteiger partial charge is 0.187 e. The molecule has 21 heavy (non-hydrogen) atoms. The molecule has 0 saturated heterocycles. The molecule has 2 rings (SSSR count). The third-order valence-electron chi connectivity index (χ3n) is 3.07. The van der Waals surface area contributed by atoms with E-state index in [-0.39, 0.29) is 16.1 Å². The first-order valence-electron chi connectivity index (χ1n) is 6.09. The molecule has 0 fully saturated rings. The Hall–Kier alpha value is -2.25. The first-order chi connectivity index (χ1) is 9.95. The molecule has 0 aliphatic heterocycles. The first kappa shape index (κ1) is 15.1. The van der Waals surface area contributed by atoms with Gasteiger partial charge in [-0.05, 0) is 25.1 Å². The number of carbonyl (C=O) groups excluding carboxylic acids is 1. The Morgan fingerprint density at radius 3 is 2.67 bits per heavy atom. The Balaban J connectivity index is 2.52. The molecule has 0 aliphatic carbocycles. The fraction of sp³-hybridized carbons (Fsp3) is 0.125. The minimum Gasteiger partial charge on any atom is -0.292 e. The van der Waals surface area contributed by atoms with Gasteiger partial charge in [-0.25, -0.2) is 8.78 Å². The molecule has 5 heteroatoms. The van der Waals surface area contributed by atoms with Gasteiger partial charge in [-0.1, -0.05) is 35.4 Å². The van der Waals surface area contributed by atoms with Crippen molar-refractivity contribution in [3.63, 3.8) is 0 Å². The van der Waals surface area contributed by atoms with Crippen LogP contribution in [0.15, 0.2) is 36.4 Å². The van der Waals surface area contributed by atoms with E-state index >= 15 is 0 Å². The lowest BCUT2D eigenvalue weighted by Crippen LogP contribution is -2.14. The van der Waals surface area contributed by atoms with Crippen LogP contribution >= 0.6 is 11.6 Å². The molecule has 0 amide bonds. The largest absolute Gasteiger partial charge is 0.292 e. The number of rotatable bonds is 3. The number of aryl methyl sites for hydroxylation is 1. The maximum absolute atomic E-state index is 14.0. The highest BCUT2D eigenvalue weighted by molar-refractivity contribution is 6.30. The van der Waals surface area contributed by atoms with Crippen molar-refractivity contribution in [2.24, 2.45) is 0 Å². The molecule has 0 bridgehead atoms. The van der Waals surface area contributed by atoms with Crippen molar-refractivity contribution in [1.82, 2.24) is 0 Å². The number of nitriles is 1. The van der Waals surface area contributed by atoms with Crippen molar-refractivity contribution in [2.45, 2.75) is 12.8 Å². The van der Waals surface area contributed by atoms with Crippen LogP contribution in [0.4, 0.5) is 8.78 Å². The van der Waals surface area contributed by atoms with Gasteiger partial charge in [0, 0.05) is 5.56 Å². The molecular formula is C16H10ClF2NO. The van der Waals surface area contributed by atoms with Gasteiger partial charge in [0.2, 0.25) is 0 Å². The van der Waals surface area contributed by atoms with Gasteiger partial charge in [-0.3, -0.25) is 4.79 Å². The van der Waals surface area contributed by atoms with Crippen LogP contribution in [0.1, 0.15) is 27.4 Å². The highest BCUT2D eigenvalue weighted by Crippen LogP contribution is 2.28. The summed E-state index contributed by atoms with van der Waals surface area (Å²) in [6, 6.07) is 9.75. The molecule has 0 radical (unpaired) electrons. The van der Waals surface area contributed by atoms with E-state index < -0.39 is 23.3 Å². The molecule has 0 aromatic heterocycles. The van der Waals surface area contributed by atoms with Gasteiger partial charge in [0.15, 0.2) is 5.78 Å². The fourth-order valence-electron chi connectivity index (χ4n) is 2.00. The van der Waals surface area contributed by atoms with E-state index in [2.05, 4.69) is 0 Å². The molecule has 0 N–H and O–H groups in total. The van der Waals surface area contributed by atoms with Gasteiger partial charge in [0.25, 0.3) is 0 Å². The van der Waals surface area contributed by atoms with Gasteiger partial charge in [-0.15, -0.1) is 0 Å². The molecule has 106 valence electrons. The van der Waals surface area contributed by atoms with Crippen LogP contribution in [-0.2, 0) is 0 Å². The maximum Gasteiger partial charge on any atom is 0.187 e. The van der Waals surface area contributed by atoms with E-state index in [0.29, 0.717) is 5.56 Å². The van der Waals surface area contributed by atoms with Crippen molar-refractivity contribution in [3.8, 4) is 6.07 Å². The lowest BCUT2D eigenvalue weighted by molar-refractivity contribution is 0.0973. The minimum atomic E-state index is -1.44. The Morgan fingerprint density at radius 1 is 1.29 bits per heavy atom. The highest BCUT2D eigenvalue weighted by Gasteiger charge is 2.27. The van der Waals surface area contributed by atoms with Crippen LogP contribution in [-0.4, -0.2) is 5.78 Å². The number of ketones is 1. The van der Waals surface area contributed by atoms with Crippen LogP contribution < -0.4 is 0 Å². The van der Waals surface area contributed by atoms with Crippen molar-refractivity contribution in [1.29, 1.82) is 5.26 Å². The summed E-state index contributed by atoms with van der Waals surface area (Å²) in [6.07, 6.45) is 0. The number of nitrogens with zero attached hydrogens (tertiary/aromatic N) is 1. The van der Waals surface area contributed by atoms with Crippen molar-refractivity contribution in [3.05, 3.63) is 69.7 Å². The first-order valence-corrected chi connectivity index (χ1v) is 6.47. The number of benzene rings is 2. The molecular weight excluding hydrogens is 296 g/mol. The van der Waals surface area contributed by atoms with Crippen molar-refractivity contribution < 1.29 is 13.6 Å². The quantitative estimate of drug-likeness (QED) is 0.788. The van der Waals surface area contributed by atoms with Crippen molar-refractivity contribution in [2.75, 3.05) is 0 Å². The monoisotopic (exact) mass is 305 g/mol. The second-order valence-electron chi connectivity index (χ2n) is 4.55. The molecule has 2 aromatic rings. The zero-order valence-electron chi connectivity index (χ0n) is 11.0. The van der Waals surface area contributed by atoms with E-state index in [0.717, 1.165) is 6.07 Å². The number of Topliss-reactive ketones (excluding diaryl/α,β-unsaturated/α-hetero) is 1. The Labute approximate surface area is 125 Å². The summed E-state index contributed by atoms with van der Waals surface area (Å²) in [6.45, 7) is 1.69. The number of hydrogen-bond acceptors (Lipinski definition) is 2. The predicted molar refractivity (Wildman–Crippen MR) is 75.2 cm³/mol. The Bertz CT molecular complexity index is 752. The lowest BCUT2D eigenvalue weighted by atomic mass is 9.90. The predicted octanol–water partition coefficient (Wildman–Crippen LogP) is 4.42. The van der Waals surface area contributed by atoms with Crippen LogP contribution in [0, 0.1) is 29.9 Å². The Kier molecular flexibility index (Phi) is 4.35. The third kappa shape index (κ3) is 2.93. The van der Waals surface area contributed by atoms with Crippen LogP contribution in [0.25, 0.3) is 0 Å². The Morgan fingerprint density at radius 2 is 2.00 bits per heavy atom. The van der Waals surface area contributed by atoms with Gasteiger partial charge >= 0.3 is 0 Å². The van der Waals surface area contributed by atoms with Gasteiger partial charge in [0.05, 0.1) is 16.7 Å². The highest BCUT2D eigenvalue weighted by atomic mass is 35.5. The van der Waals surface area contributed by atoms with E-state index in [1.165, 1.54) is 30.3 Å². The minimum absolute atomic E-state index is 0.157. The van der Waals surface area contributed by atoms with Gasteiger partial charge in [0.1, 0.15) is 17.6 Å². The molecule has 0 heterocycles. The summed E-state index contributed by atoms with van der Waals surface area (Å²) >= 11 is 5.65. The molecule has 2 aromatic carbocycles. The SMILES string of the molecule is Cc1ccc(F)c(C(=O)C(C#N)c2cccc(Cl)c2F)c1. The van der Waals surface area contributed by atoms with Crippen LogP contribution in [0.5, 0.6) is 0 Å². The summed E-state index contributed by atoms with van der Waals surface area (Å²) in [5.41, 5.74) is 0.278. The fourth-order valence-corrected chi connectivity index (χ4v) is 2.18. The summed E-state index contributed by atoms with van der Waals surface area (Å²) in [5.74, 6) is -3.82. The topological polar surface area (TPSA) is 40.9 Å². The average molecular weight is 306 g/mol. The average Bonchev–Trinajstić information content (AvgIpc) is 2.46. The summed E-state index contributed by atoms with van der Waals surface area (Å²) in [4.78, 5) is 12.3. The molecule has 2 nitrogen and oxygen atoms in total. The molecule has 0 aliphatic rings. The second-order valence-corrected chi connectivity index (χ2v) is 4.96. The second kappa shape index (κ2) is 6.02. The van der Waals surface area contributed by atoms with Crippen LogP contribution in [0.3, 0.4) is 0 Å². The summed E-state index contributed by atoms with van der Waals surface area (Å²) in [5, 5.41) is 8.99. The zero-order valence-corrected chi connectivity index (χ0v) is 11.8. The zero-order chi connectivity index (χ0) is 15.6. The number of carbonyl (C=O) groups is 1. The maximum atomic E-state index is 14.0.